The molecule has 1 aromatic carbocycles. The van der Waals surface area contributed by atoms with Crippen LogP contribution in [0.15, 0.2) is 23.1 Å². The minimum atomic E-state index is -3.64. The van der Waals surface area contributed by atoms with Crippen molar-refractivity contribution in [2.75, 3.05) is 19.8 Å². The lowest BCUT2D eigenvalue weighted by atomic mass is 10.1. The first kappa shape index (κ1) is 17.3. The summed E-state index contributed by atoms with van der Waals surface area (Å²) in [6, 6.07) is 4.82. The molecule has 6 nitrogen and oxygen atoms in total. The van der Waals surface area contributed by atoms with Crippen LogP contribution in [0.5, 0.6) is 11.5 Å². The number of fused-ring (bicyclic) bond motifs is 1. The van der Waals surface area contributed by atoms with E-state index >= 15 is 0 Å². The van der Waals surface area contributed by atoms with E-state index in [1.165, 1.54) is 0 Å². The average molecular weight is 349 g/mol. The normalized spacial score (nSPS) is 23.9. The van der Waals surface area contributed by atoms with Gasteiger partial charge in [-0.05, 0) is 37.4 Å². The first-order valence-corrected chi connectivity index (χ1v) is 8.71. The van der Waals surface area contributed by atoms with Crippen LogP contribution < -0.4 is 19.9 Å². The number of hydrogen-bond donors (Lipinski definition) is 2. The van der Waals surface area contributed by atoms with Crippen molar-refractivity contribution in [2.45, 2.75) is 30.2 Å². The van der Waals surface area contributed by atoms with Crippen molar-refractivity contribution in [1.82, 2.24) is 4.72 Å². The SMILES string of the molecule is Cl.NCC1CCCC1NS(=O)(=O)c1cccc2c1OCCO2. The van der Waals surface area contributed by atoms with Crippen molar-refractivity contribution in [3.8, 4) is 11.5 Å². The first-order valence-electron chi connectivity index (χ1n) is 7.23. The van der Waals surface area contributed by atoms with Crippen molar-refractivity contribution in [2.24, 2.45) is 11.7 Å². The van der Waals surface area contributed by atoms with Crippen molar-refractivity contribution in [1.29, 1.82) is 0 Å². The predicted molar refractivity (Wildman–Crippen MR) is 85.2 cm³/mol. The van der Waals surface area contributed by atoms with Crippen LogP contribution in [0.2, 0.25) is 0 Å². The van der Waals surface area contributed by atoms with Crippen LogP contribution in [-0.2, 0) is 10.0 Å². The van der Waals surface area contributed by atoms with Gasteiger partial charge in [-0.15, -0.1) is 12.4 Å². The standard InChI is InChI=1S/C14H20N2O4S.ClH/c15-9-10-3-1-4-11(10)16-21(17,18)13-6-2-5-12-14(13)20-8-7-19-12;/h2,5-6,10-11,16H,1,3-4,7-9,15H2;1H. The molecule has 0 amide bonds. The monoisotopic (exact) mass is 348 g/mol. The van der Waals surface area contributed by atoms with Crippen LogP contribution in [0, 0.1) is 5.92 Å². The number of para-hydroxylation sites is 1. The summed E-state index contributed by atoms with van der Waals surface area (Å²) in [6.07, 6.45) is 2.80. The Morgan fingerprint density at radius 3 is 2.77 bits per heavy atom. The van der Waals surface area contributed by atoms with E-state index in [0.29, 0.717) is 31.3 Å². The minimum Gasteiger partial charge on any atom is -0.486 e. The van der Waals surface area contributed by atoms with Crippen LogP contribution in [0.4, 0.5) is 0 Å². The zero-order valence-corrected chi connectivity index (χ0v) is 13.8. The lowest BCUT2D eigenvalue weighted by molar-refractivity contribution is 0.167. The molecule has 1 aromatic rings. The van der Waals surface area contributed by atoms with Crippen LogP contribution in [0.3, 0.4) is 0 Å². The Morgan fingerprint density at radius 2 is 2.00 bits per heavy atom. The zero-order chi connectivity index (χ0) is 14.9. The fraction of sp³-hybridized carbons (Fsp3) is 0.571. The number of nitrogens with one attached hydrogen (secondary N) is 1. The van der Waals surface area contributed by atoms with E-state index in [-0.39, 0.29) is 29.3 Å². The lowest BCUT2D eigenvalue weighted by Gasteiger charge is -2.23. The second-order valence-electron chi connectivity index (χ2n) is 5.43. The number of ether oxygens (including phenoxy) is 2. The second-order valence-corrected chi connectivity index (χ2v) is 7.12. The summed E-state index contributed by atoms with van der Waals surface area (Å²) in [7, 11) is -3.64. The summed E-state index contributed by atoms with van der Waals surface area (Å²) in [6.45, 7) is 1.29. The smallest absolute Gasteiger partial charge is 0.244 e. The largest absolute Gasteiger partial charge is 0.486 e. The third-order valence-electron chi connectivity index (χ3n) is 4.09. The highest BCUT2D eigenvalue weighted by Crippen LogP contribution is 2.37. The molecule has 0 bridgehead atoms. The molecule has 0 spiro atoms. The molecule has 1 saturated carbocycles. The molecule has 1 aliphatic heterocycles. The van der Waals surface area contributed by atoms with Crippen molar-refractivity contribution in [3.05, 3.63) is 18.2 Å². The van der Waals surface area contributed by atoms with Crippen LogP contribution >= 0.6 is 12.4 Å². The van der Waals surface area contributed by atoms with Crippen molar-refractivity contribution >= 4 is 22.4 Å². The van der Waals surface area contributed by atoms with Gasteiger partial charge in [0.1, 0.15) is 18.1 Å². The number of nitrogens with two attached hydrogens (primary N) is 1. The summed E-state index contributed by atoms with van der Waals surface area (Å²) in [5.74, 6) is 0.987. The Hall–Kier alpha value is -1.02. The topological polar surface area (TPSA) is 90.7 Å². The van der Waals surface area contributed by atoms with Gasteiger partial charge in [0, 0.05) is 6.04 Å². The molecule has 2 aliphatic rings. The highest BCUT2D eigenvalue weighted by Gasteiger charge is 2.32. The Bertz CT molecular complexity index is 623. The maximum Gasteiger partial charge on any atom is 0.244 e. The molecule has 1 aliphatic carbocycles. The number of sulfonamides is 1. The molecular formula is C14H21ClN2O4S. The highest BCUT2D eigenvalue weighted by molar-refractivity contribution is 7.89. The van der Waals surface area contributed by atoms with Gasteiger partial charge in [0.25, 0.3) is 0 Å². The van der Waals surface area contributed by atoms with E-state index in [4.69, 9.17) is 15.2 Å². The quantitative estimate of drug-likeness (QED) is 0.855. The van der Waals surface area contributed by atoms with Gasteiger partial charge in [0.2, 0.25) is 10.0 Å². The molecule has 8 heteroatoms. The maximum absolute atomic E-state index is 12.6. The molecule has 2 unspecified atom stereocenters. The Labute approximate surface area is 136 Å². The third-order valence-corrected chi connectivity index (χ3v) is 5.60. The molecule has 0 radical (unpaired) electrons. The van der Waals surface area contributed by atoms with Gasteiger partial charge >= 0.3 is 0 Å². The summed E-state index contributed by atoms with van der Waals surface area (Å²) in [4.78, 5) is 0.141. The van der Waals surface area contributed by atoms with Gasteiger partial charge in [-0.25, -0.2) is 13.1 Å². The average Bonchev–Trinajstić information content (AvgIpc) is 2.93. The molecule has 0 saturated heterocycles. The molecule has 1 heterocycles. The van der Waals surface area contributed by atoms with Gasteiger partial charge in [-0.3, -0.25) is 0 Å². The maximum atomic E-state index is 12.6. The second kappa shape index (κ2) is 7.04. The Kier molecular flexibility index (Phi) is 5.55. The van der Waals surface area contributed by atoms with E-state index in [2.05, 4.69) is 4.72 Å². The molecular weight excluding hydrogens is 328 g/mol. The fourth-order valence-electron chi connectivity index (χ4n) is 3.00. The summed E-state index contributed by atoms with van der Waals surface area (Å²) < 4.78 is 39.0. The lowest BCUT2D eigenvalue weighted by Crippen LogP contribution is -2.40. The first-order chi connectivity index (χ1) is 10.1. The van der Waals surface area contributed by atoms with Gasteiger partial charge in [-0.2, -0.15) is 0 Å². The molecule has 22 heavy (non-hydrogen) atoms. The van der Waals surface area contributed by atoms with E-state index < -0.39 is 10.0 Å². The van der Waals surface area contributed by atoms with Crippen molar-refractivity contribution in [3.63, 3.8) is 0 Å². The van der Waals surface area contributed by atoms with Gasteiger partial charge in [0.15, 0.2) is 11.5 Å². The van der Waals surface area contributed by atoms with Crippen LogP contribution in [-0.4, -0.2) is 34.2 Å². The van der Waals surface area contributed by atoms with Gasteiger partial charge in [-0.1, -0.05) is 12.5 Å². The molecule has 1 fully saturated rings. The van der Waals surface area contributed by atoms with E-state index in [0.717, 1.165) is 19.3 Å². The number of halogens is 1. The van der Waals surface area contributed by atoms with Crippen LogP contribution in [0.25, 0.3) is 0 Å². The predicted octanol–water partition coefficient (Wildman–Crippen LogP) is 1.29. The van der Waals surface area contributed by atoms with E-state index in [9.17, 15) is 8.42 Å². The fourth-order valence-corrected chi connectivity index (χ4v) is 4.49. The zero-order valence-electron chi connectivity index (χ0n) is 12.2. The molecule has 3 N–H and O–H groups in total. The van der Waals surface area contributed by atoms with Gasteiger partial charge < -0.3 is 15.2 Å². The summed E-state index contributed by atoms with van der Waals surface area (Å²) in [5, 5.41) is 0. The van der Waals surface area contributed by atoms with E-state index in [1.54, 1.807) is 18.2 Å². The number of rotatable bonds is 4. The molecule has 0 aromatic heterocycles. The van der Waals surface area contributed by atoms with E-state index in [1.807, 2.05) is 0 Å². The summed E-state index contributed by atoms with van der Waals surface area (Å²) in [5.41, 5.74) is 5.71. The minimum absolute atomic E-state index is 0. The van der Waals surface area contributed by atoms with Crippen LogP contribution in [0.1, 0.15) is 19.3 Å². The van der Waals surface area contributed by atoms with Gasteiger partial charge in [0.05, 0.1) is 0 Å². The summed E-state index contributed by atoms with van der Waals surface area (Å²) >= 11 is 0. The molecule has 124 valence electrons. The molecule has 2 atom stereocenters. The number of benzene rings is 1. The highest BCUT2D eigenvalue weighted by atomic mass is 35.5. The van der Waals surface area contributed by atoms with Crippen molar-refractivity contribution < 1.29 is 17.9 Å². The Morgan fingerprint density at radius 1 is 1.23 bits per heavy atom. The number of hydrogen-bond acceptors (Lipinski definition) is 5. The third kappa shape index (κ3) is 3.32. The Balaban J connectivity index is 0.00000176. The molecule has 3 rings (SSSR count).